The van der Waals surface area contributed by atoms with Crippen LogP contribution in [0.1, 0.15) is 0 Å². The molecule has 50 heavy (non-hydrogen) atoms. The van der Waals surface area contributed by atoms with Crippen LogP contribution in [-0.2, 0) is 0 Å². The molecular formula is C46H28N2S2. The number of hydrogen-bond donors (Lipinski definition) is 0. The molecule has 8 aromatic carbocycles. The van der Waals surface area contributed by atoms with Gasteiger partial charge in [0.05, 0.1) is 11.0 Å². The maximum absolute atomic E-state index is 2.44. The van der Waals surface area contributed by atoms with Crippen molar-refractivity contribution >= 4 is 113 Å². The zero-order valence-corrected chi connectivity index (χ0v) is 28.5. The molecule has 11 aromatic rings. The summed E-state index contributed by atoms with van der Waals surface area (Å²) in [5, 5.41) is 10.4. The largest absolute Gasteiger partial charge is 0.310 e. The van der Waals surface area contributed by atoms with E-state index in [-0.39, 0.29) is 0 Å². The Labute approximate surface area is 296 Å². The first-order valence-corrected chi connectivity index (χ1v) is 18.6. The van der Waals surface area contributed by atoms with E-state index in [1.54, 1.807) is 0 Å². The van der Waals surface area contributed by atoms with Gasteiger partial charge in [-0.05, 0) is 84.2 Å². The van der Waals surface area contributed by atoms with Crippen molar-refractivity contribution in [3.63, 3.8) is 0 Å². The van der Waals surface area contributed by atoms with E-state index in [2.05, 4.69) is 179 Å². The molecule has 11 rings (SSSR count). The third-order valence-corrected chi connectivity index (χ3v) is 12.5. The molecule has 0 aliphatic rings. The van der Waals surface area contributed by atoms with E-state index in [4.69, 9.17) is 0 Å². The molecule has 234 valence electrons. The van der Waals surface area contributed by atoms with Gasteiger partial charge in [0.1, 0.15) is 0 Å². The van der Waals surface area contributed by atoms with E-state index in [0.717, 1.165) is 17.1 Å². The zero-order chi connectivity index (χ0) is 32.8. The molecule has 4 heteroatoms. The van der Waals surface area contributed by atoms with Crippen LogP contribution < -0.4 is 4.90 Å². The highest BCUT2D eigenvalue weighted by Crippen LogP contribution is 2.45. The van der Waals surface area contributed by atoms with Crippen molar-refractivity contribution in [2.24, 2.45) is 0 Å². The molecule has 3 heterocycles. The molecule has 3 aromatic heterocycles. The van der Waals surface area contributed by atoms with Gasteiger partial charge in [0.25, 0.3) is 0 Å². The average Bonchev–Trinajstić information content (AvgIpc) is 3.84. The van der Waals surface area contributed by atoms with Crippen LogP contribution >= 0.6 is 22.7 Å². The molecule has 0 radical (unpaired) electrons. The van der Waals surface area contributed by atoms with Crippen LogP contribution in [-0.4, -0.2) is 4.57 Å². The van der Waals surface area contributed by atoms with Crippen LogP contribution in [0.2, 0.25) is 0 Å². The van der Waals surface area contributed by atoms with Gasteiger partial charge in [0.15, 0.2) is 0 Å². The summed E-state index contributed by atoms with van der Waals surface area (Å²) in [4.78, 5) is 2.40. The van der Waals surface area contributed by atoms with Crippen molar-refractivity contribution in [3.05, 3.63) is 170 Å². The molecule has 0 atom stereocenters. The Morgan fingerprint density at radius 2 is 0.980 bits per heavy atom. The summed E-state index contributed by atoms with van der Waals surface area (Å²) in [7, 11) is 0. The molecule has 0 aliphatic carbocycles. The predicted molar refractivity (Wildman–Crippen MR) is 219 cm³/mol. The summed E-state index contributed by atoms with van der Waals surface area (Å²) >= 11 is 3.76. The second-order valence-corrected chi connectivity index (χ2v) is 15.1. The molecule has 0 aliphatic heterocycles. The molecule has 2 nitrogen and oxygen atoms in total. The highest BCUT2D eigenvalue weighted by atomic mass is 32.1. The summed E-state index contributed by atoms with van der Waals surface area (Å²) in [5.74, 6) is 0. The number of benzene rings is 8. The van der Waals surface area contributed by atoms with Crippen molar-refractivity contribution in [2.75, 3.05) is 4.90 Å². The Morgan fingerprint density at radius 3 is 1.80 bits per heavy atom. The first-order chi connectivity index (χ1) is 24.8. The minimum Gasteiger partial charge on any atom is -0.310 e. The van der Waals surface area contributed by atoms with Gasteiger partial charge < -0.3 is 9.47 Å². The fraction of sp³-hybridized carbons (Fsp3) is 0. The molecular weight excluding hydrogens is 645 g/mol. The van der Waals surface area contributed by atoms with Gasteiger partial charge in [-0.3, -0.25) is 0 Å². The monoisotopic (exact) mass is 672 g/mol. The van der Waals surface area contributed by atoms with Gasteiger partial charge in [0.2, 0.25) is 0 Å². The number of rotatable bonds is 4. The fourth-order valence-corrected chi connectivity index (χ4v) is 10.2. The summed E-state index contributed by atoms with van der Waals surface area (Å²) in [5.41, 5.74) is 7.01. The number of para-hydroxylation sites is 2. The maximum Gasteiger partial charge on any atom is 0.0547 e. The van der Waals surface area contributed by atoms with E-state index >= 15 is 0 Å². The molecule has 0 spiro atoms. The minimum absolute atomic E-state index is 1.14. The summed E-state index contributed by atoms with van der Waals surface area (Å²) < 4.78 is 7.74. The Bertz CT molecular complexity index is 3100. The van der Waals surface area contributed by atoms with Gasteiger partial charge in [-0.25, -0.2) is 0 Å². The predicted octanol–water partition coefficient (Wildman–Crippen LogP) is 14.1. The van der Waals surface area contributed by atoms with Gasteiger partial charge in [-0.2, -0.15) is 0 Å². The standard InChI is InChI=1S/C46H28N2S2/c1-3-11-30(12-4-1)47(33-20-23-36-34-15-7-9-17-43(34)49-45(36)27-33)32-21-24-41-40(26-32)39-25-29-19-22-37-35-16-8-10-18-44(35)50-46(37)38(29)28-42(39)48(41)31-13-5-2-6-14-31/h1-28H. The number of nitrogens with zero attached hydrogens (tertiary/aromatic N) is 2. The van der Waals surface area contributed by atoms with Crippen molar-refractivity contribution in [1.82, 2.24) is 4.57 Å². The van der Waals surface area contributed by atoms with Crippen molar-refractivity contribution in [3.8, 4) is 5.69 Å². The first-order valence-electron chi connectivity index (χ1n) is 16.9. The second kappa shape index (κ2) is 10.8. The Kier molecular flexibility index (Phi) is 6.03. The van der Waals surface area contributed by atoms with Crippen molar-refractivity contribution in [1.29, 1.82) is 0 Å². The number of anilines is 3. The van der Waals surface area contributed by atoms with Gasteiger partial charge in [-0.1, -0.05) is 91.0 Å². The second-order valence-electron chi connectivity index (χ2n) is 13.0. The molecule has 0 saturated heterocycles. The average molecular weight is 673 g/mol. The van der Waals surface area contributed by atoms with Gasteiger partial charge in [-0.15, -0.1) is 22.7 Å². The van der Waals surface area contributed by atoms with Gasteiger partial charge >= 0.3 is 0 Å². The molecule has 0 unspecified atom stereocenters. The normalized spacial score (nSPS) is 12.0. The first kappa shape index (κ1) is 28.0. The van der Waals surface area contributed by atoms with Crippen LogP contribution in [0.3, 0.4) is 0 Å². The summed E-state index contributed by atoms with van der Waals surface area (Å²) in [6, 6.07) is 62.4. The van der Waals surface area contributed by atoms with Crippen molar-refractivity contribution in [2.45, 2.75) is 0 Å². The molecule has 0 amide bonds. The summed E-state index contributed by atoms with van der Waals surface area (Å²) in [6.07, 6.45) is 0. The lowest BCUT2D eigenvalue weighted by atomic mass is 10.0. The highest BCUT2D eigenvalue weighted by molar-refractivity contribution is 7.26. The van der Waals surface area contributed by atoms with Crippen LogP contribution in [0.15, 0.2) is 170 Å². The van der Waals surface area contributed by atoms with Crippen LogP contribution in [0.25, 0.3) is 78.6 Å². The number of fused-ring (bicyclic) bond motifs is 11. The molecule has 0 fully saturated rings. The molecule has 0 bridgehead atoms. The van der Waals surface area contributed by atoms with E-state index in [1.165, 1.54) is 78.6 Å². The number of aromatic nitrogens is 1. The van der Waals surface area contributed by atoms with Gasteiger partial charge in [0, 0.05) is 79.3 Å². The summed E-state index contributed by atoms with van der Waals surface area (Å²) in [6.45, 7) is 0. The SMILES string of the molecule is c1ccc(N(c2ccc3c(c2)sc2ccccc23)c2ccc3c(c2)c2cc4ccc5c6ccccc6sc5c4cc2n3-c2ccccc2)cc1. The maximum atomic E-state index is 2.44. The van der Waals surface area contributed by atoms with E-state index in [1.807, 2.05) is 22.7 Å². The quantitative estimate of drug-likeness (QED) is 0.181. The van der Waals surface area contributed by atoms with Crippen LogP contribution in [0.4, 0.5) is 17.1 Å². The van der Waals surface area contributed by atoms with Crippen LogP contribution in [0.5, 0.6) is 0 Å². The third-order valence-electron chi connectivity index (χ3n) is 10.1. The van der Waals surface area contributed by atoms with E-state index < -0.39 is 0 Å². The minimum atomic E-state index is 1.14. The Hall–Kier alpha value is -5.94. The van der Waals surface area contributed by atoms with E-state index in [9.17, 15) is 0 Å². The smallest absolute Gasteiger partial charge is 0.0547 e. The molecule has 0 N–H and O–H groups in total. The lowest BCUT2D eigenvalue weighted by Crippen LogP contribution is -2.09. The lowest BCUT2D eigenvalue weighted by Gasteiger charge is -2.25. The lowest BCUT2D eigenvalue weighted by molar-refractivity contribution is 1.18. The van der Waals surface area contributed by atoms with E-state index in [0.29, 0.717) is 0 Å². The fourth-order valence-electron chi connectivity index (χ4n) is 7.88. The topological polar surface area (TPSA) is 8.17 Å². The van der Waals surface area contributed by atoms with Crippen molar-refractivity contribution < 1.29 is 0 Å². The Morgan fingerprint density at radius 1 is 0.360 bits per heavy atom. The zero-order valence-electron chi connectivity index (χ0n) is 26.9. The Balaban J connectivity index is 1.18. The van der Waals surface area contributed by atoms with Crippen LogP contribution in [0, 0.1) is 0 Å². The third kappa shape index (κ3) is 4.13. The number of thiophene rings is 2. The molecule has 0 saturated carbocycles. The number of hydrogen-bond acceptors (Lipinski definition) is 3. The highest BCUT2D eigenvalue weighted by Gasteiger charge is 2.20.